The maximum atomic E-state index is 12.5. The van der Waals surface area contributed by atoms with E-state index in [1.165, 1.54) is 0 Å². The number of ketones is 1. The van der Waals surface area contributed by atoms with Crippen molar-refractivity contribution < 1.29 is 14.3 Å². The number of rotatable bonds is 2. The van der Waals surface area contributed by atoms with Gasteiger partial charge in [0.25, 0.3) is 17.5 Å². The van der Waals surface area contributed by atoms with Gasteiger partial charge in [0.1, 0.15) is 0 Å². The zero-order valence-corrected chi connectivity index (χ0v) is 10.5. The van der Waals surface area contributed by atoms with E-state index in [1.807, 2.05) is 0 Å². The third kappa shape index (κ3) is 1.68. The van der Waals surface area contributed by atoms with E-state index < -0.39 is 17.5 Å². The van der Waals surface area contributed by atoms with E-state index >= 15 is 0 Å². The van der Waals surface area contributed by atoms with Crippen LogP contribution in [0.25, 0.3) is 0 Å². The third-order valence-electron chi connectivity index (χ3n) is 3.46. The smallest absolute Gasteiger partial charge is 0.260 e. The van der Waals surface area contributed by atoms with E-state index in [0.717, 1.165) is 10.0 Å². The Labute approximate surface area is 105 Å². The van der Waals surface area contributed by atoms with Crippen molar-refractivity contribution in [3.63, 3.8) is 0 Å². The summed E-state index contributed by atoms with van der Waals surface area (Å²) in [6, 6.07) is -0.403. The molecule has 9 nitrogen and oxygen atoms in total. The minimum atomic E-state index is -1.82. The summed E-state index contributed by atoms with van der Waals surface area (Å²) in [4.78, 5) is 12.5. The summed E-state index contributed by atoms with van der Waals surface area (Å²) < 4.78 is 10.5. The van der Waals surface area contributed by atoms with Gasteiger partial charge in [0.15, 0.2) is 0 Å². The number of nitrogens with zero attached hydrogens (tertiary/aromatic N) is 2. The number of carbonyl (C=O) groups excluding carboxylic acids is 1. The number of hydrogen-bond donors (Lipinski definition) is 4. The molecular formula is C9H20N6O3. The molecule has 0 aromatic heterocycles. The number of hydrazine groups is 2. The topological polar surface area (TPSA) is 146 Å². The van der Waals surface area contributed by atoms with Crippen LogP contribution >= 0.6 is 0 Å². The first kappa shape index (κ1) is 13.8. The summed E-state index contributed by atoms with van der Waals surface area (Å²) in [5, 5.41) is 2.26. The lowest BCUT2D eigenvalue weighted by atomic mass is 10.1. The quantitative estimate of drug-likeness (QED) is 0.381. The average Bonchev–Trinajstić information content (AvgIpc) is 2.76. The standard InChI is InChI=1S/C9H20N6O3/c1-5-3-17-8(10,14(5)12)7(16)9(11)15(13)6(2)4-18-9/h5-6H,3-4,10-13H2,1-2H3. The molecular weight excluding hydrogens is 240 g/mol. The van der Waals surface area contributed by atoms with E-state index in [1.54, 1.807) is 13.8 Å². The Balaban J connectivity index is 2.27. The highest BCUT2D eigenvalue weighted by atomic mass is 16.6. The Bertz CT molecular complexity index is 336. The second-order valence-corrected chi connectivity index (χ2v) is 4.86. The normalized spacial score (nSPS) is 46.8. The zero-order chi connectivity index (χ0) is 13.7. The molecule has 104 valence electrons. The fourth-order valence-electron chi connectivity index (χ4n) is 2.08. The molecule has 0 amide bonds. The molecule has 18 heavy (non-hydrogen) atoms. The van der Waals surface area contributed by atoms with Gasteiger partial charge in [0, 0.05) is 12.1 Å². The van der Waals surface area contributed by atoms with Crippen LogP contribution in [0.5, 0.6) is 0 Å². The largest absolute Gasteiger partial charge is 0.338 e. The summed E-state index contributed by atoms with van der Waals surface area (Å²) in [6.45, 7) is 4.02. The molecule has 0 spiro atoms. The van der Waals surface area contributed by atoms with E-state index in [-0.39, 0.29) is 25.3 Å². The SMILES string of the molecule is CC1COC(N)(C(=O)C2(N)OCC(C)N2N)N1N. The van der Waals surface area contributed by atoms with Gasteiger partial charge >= 0.3 is 0 Å². The molecule has 0 aromatic rings. The fourth-order valence-corrected chi connectivity index (χ4v) is 2.08. The lowest BCUT2D eigenvalue weighted by molar-refractivity contribution is -0.189. The van der Waals surface area contributed by atoms with Crippen LogP contribution in [0.1, 0.15) is 13.8 Å². The maximum Gasteiger partial charge on any atom is 0.260 e. The minimum absolute atomic E-state index is 0.201. The van der Waals surface area contributed by atoms with Gasteiger partial charge in [-0.2, -0.15) is 10.0 Å². The van der Waals surface area contributed by atoms with Gasteiger partial charge in [-0.25, -0.2) is 0 Å². The van der Waals surface area contributed by atoms with Gasteiger partial charge in [-0.05, 0) is 13.8 Å². The van der Waals surface area contributed by atoms with E-state index in [2.05, 4.69) is 0 Å². The van der Waals surface area contributed by atoms with Crippen LogP contribution in [-0.2, 0) is 14.3 Å². The fraction of sp³-hybridized carbons (Fsp3) is 0.889. The summed E-state index contributed by atoms with van der Waals surface area (Å²) in [5.41, 5.74) is 11.8. The number of nitrogens with two attached hydrogens (primary N) is 4. The predicted octanol–water partition coefficient (Wildman–Crippen LogP) is -3.03. The lowest BCUT2D eigenvalue weighted by Crippen LogP contribution is -2.75. The van der Waals surface area contributed by atoms with Gasteiger partial charge in [-0.15, -0.1) is 0 Å². The number of ether oxygens (including phenoxy) is 2. The first-order chi connectivity index (χ1) is 8.23. The molecule has 8 N–H and O–H groups in total. The third-order valence-corrected chi connectivity index (χ3v) is 3.46. The van der Waals surface area contributed by atoms with E-state index in [0.29, 0.717) is 0 Å². The van der Waals surface area contributed by atoms with Crippen LogP contribution < -0.4 is 23.2 Å². The van der Waals surface area contributed by atoms with Crippen molar-refractivity contribution >= 4 is 5.78 Å². The van der Waals surface area contributed by atoms with Crippen LogP contribution in [0.3, 0.4) is 0 Å². The van der Waals surface area contributed by atoms with Crippen molar-refractivity contribution in [3.8, 4) is 0 Å². The Kier molecular flexibility index (Phi) is 3.20. The summed E-state index contributed by atoms with van der Waals surface area (Å²) in [7, 11) is 0. The van der Waals surface area contributed by atoms with Crippen LogP contribution in [0.4, 0.5) is 0 Å². The second-order valence-electron chi connectivity index (χ2n) is 4.86. The molecule has 0 aromatic carbocycles. The van der Waals surface area contributed by atoms with Gasteiger partial charge in [0.05, 0.1) is 13.2 Å². The summed E-state index contributed by atoms with van der Waals surface area (Å²) in [6.07, 6.45) is 0. The van der Waals surface area contributed by atoms with E-state index in [9.17, 15) is 4.79 Å². The molecule has 2 heterocycles. The molecule has 4 unspecified atom stereocenters. The lowest BCUT2D eigenvalue weighted by Gasteiger charge is -2.38. The molecule has 2 saturated heterocycles. The van der Waals surface area contributed by atoms with Crippen molar-refractivity contribution in [3.05, 3.63) is 0 Å². The van der Waals surface area contributed by atoms with E-state index in [4.69, 9.17) is 32.6 Å². The monoisotopic (exact) mass is 260 g/mol. The molecule has 9 heteroatoms. The van der Waals surface area contributed by atoms with Gasteiger partial charge in [-0.3, -0.25) is 27.9 Å². The Morgan fingerprint density at radius 2 is 1.39 bits per heavy atom. The molecule has 2 rings (SSSR count). The zero-order valence-electron chi connectivity index (χ0n) is 10.5. The van der Waals surface area contributed by atoms with Crippen molar-refractivity contribution in [1.82, 2.24) is 10.0 Å². The predicted molar refractivity (Wildman–Crippen MR) is 61.7 cm³/mol. The average molecular weight is 260 g/mol. The molecule has 0 aliphatic carbocycles. The summed E-state index contributed by atoms with van der Waals surface area (Å²) in [5.74, 6) is 7.15. The van der Waals surface area contributed by atoms with Gasteiger partial charge < -0.3 is 9.47 Å². The highest BCUT2D eigenvalue weighted by Crippen LogP contribution is 2.29. The Morgan fingerprint density at radius 3 is 1.61 bits per heavy atom. The highest BCUT2D eigenvalue weighted by molar-refractivity contribution is 5.93. The Morgan fingerprint density at radius 1 is 1.06 bits per heavy atom. The van der Waals surface area contributed by atoms with Crippen LogP contribution in [0.15, 0.2) is 0 Å². The first-order valence-corrected chi connectivity index (χ1v) is 5.72. The minimum Gasteiger partial charge on any atom is -0.338 e. The first-order valence-electron chi connectivity index (χ1n) is 5.72. The van der Waals surface area contributed by atoms with Crippen molar-refractivity contribution in [2.24, 2.45) is 23.2 Å². The second kappa shape index (κ2) is 4.18. The van der Waals surface area contributed by atoms with Crippen molar-refractivity contribution in [2.45, 2.75) is 37.6 Å². The molecule has 4 atom stereocenters. The molecule has 0 saturated carbocycles. The molecule has 0 radical (unpaired) electrons. The van der Waals surface area contributed by atoms with Crippen LogP contribution in [-0.4, -0.2) is 52.8 Å². The molecule has 2 aliphatic heterocycles. The van der Waals surface area contributed by atoms with Crippen molar-refractivity contribution in [1.29, 1.82) is 0 Å². The van der Waals surface area contributed by atoms with Crippen molar-refractivity contribution in [2.75, 3.05) is 13.2 Å². The molecule has 0 bridgehead atoms. The summed E-state index contributed by atoms with van der Waals surface area (Å²) >= 11 is 0. The van der Waals surface area contributed by atoms with Gasteiger partial charge in [-0.1, -0.05) is 0 Å². The molecule has 2 aliphatic rings. The molecule has 2 fully saturated rings. The van der Waals surface area contributed by atoms with Crippen LogP contribution in [0, 0.1) is 0 Å². The number of carbonyl (C=O) groups is 1. The maximum absolute atomic E-state index is 12.5. The Hall–Kier alpha value is -0.650. The number of Topliss-reactive ketones (excluding diaryl/α,β-unsaturated/α-hetero) is 1. The van der Waals surface area contributed by atoms with Crippen LogP contribution in [0.2, 0.25) is 0 Å². The number of hydrogen-bond acceptors (Lipinski definition) is 9. The van der Waals surface area contributed by atoms with Gasteiger partial charge in [0.2, 0.25) is 0 Å². The highest BCUT2D eigenvalue weighted by Gasteiger charge is 2.60.